The molecule has 2 aromatic heterocycles. The summed E-state index contributed by atoms with van der Waals surface area (Å²) in [5, 5.41) is 9.38. The van der Waals surface area contributed by atoms with Gasteiger partial charge in [0.05, 0.1) is 30.2 Å². The first-order valence-electron chi connectivity index (χ1n) is 14.0. The Kier molecular flexibility index (Phi) is 7.06. The van der Waals surface area contributed by atoms with Gasteiger partial charge in [-0.2, -0.15) is 0 Å². The average Bonchev–Trinajstić information content (AvgIpc) is 3.64. The number of aliphatic hydroxyl groups is 1. The maximum absolute atomic E-state index is 13.7. The van der Waals surface area contributed by atoms with Gasteiger partial charge in [0.15, 0.2) is 0 Å². The lowest BCUT2D eigenvalue weighted by molar-refractivity contribution is -0.143. The number of aliphatic hydroxyl groups excluding tert-OH is 1. The maximum Gasteiger partial charge on any atom is 0.234 e. The van der Waals surface area contributed by atoms with Crippen LogP contribution in [-0.2, 0) is 20.9 Å². The molecule has 3 fully saturated rings. The van der Waals surface area contributed by atoms with E-state index in [-0.39, 0.29) is 48.3 Å². The van der Waals surface area contributed by atoms with Crippen LogP contribution < -0.4 is 0 Å². The molecule has 2 saturated heterocycles. The van der Waals surface area contributed by atoms with E-state index in [1.165, 1.54) is 17.6 Å². The number of allylic oxidation sites excluding steroid dienone is 2. The summed E-state index contributed by atoms with van der Waals surface area (Å²) in [5.41, 5.74) is 4.35. The summed E-state index contributed by atoms with van der Waals surface area (Å²) < 4.78 is 12.1. The molecular formula is C31H36N2O5. The minimum atomic E-state index is -0.279. The molecule has 7 heteroatoms. The predicted molar refractivity (Wildman–Crippen MR) is 142 cm³/mol. The molecule has 1 N–H and O–H groups in total. The van der Waals surface area contributed by atoms with Gasteiger partial charge in [-0.05, 0) is 80.5 Å². The third kappa shape index (κ3) is 4.56. The first kappa shape index (κ1) is 25.3. The van der Waals surface area contributed by atoms with Gasteiger partial charge in [0.25, 0.3) is 0 Å². The number of pyridine rings is 1. The number of aromatic nitrogens is 1. The van der Waals surface area contributed by atoms with Crippen LogP contribution in [-0.4, -0.2) is 45.6 Å². The molecule has 1 saturated carbocycles. The summed E-state index contributed by atoms with van der Waals surface area (Å²) in [7, 11) is 0. The molecule has 6 rings (SSSR count). The van der Waals surface area contributed by atoms with Gasteiger partial charge in [0.2, 0.25) is 11.8 Å². The minimum absolute atomic E-state index is 0.0109. The molecule has 2 amide bonds. The van der Waals surface area contributed by atoms with E-state index in [4.69, 9.17) is 9.15 Å². The van der Waals surface area contributed by atoms with Crippen molar-refractivity contribution in [2.75, 3.05) is 6.61 Å². The van der Waals surface area contributed by atoms with Crippen LogP contribution in [0.25, 0.3) is 11.6 Å². The molecule has 4 heterocycles. The molecule has 4 atom stereocenters. The zero-order valence-electron chi connectivity index (χ0n) is 22.0. The third-order valence-corrected chi connectivity index (χ3v) is 8.95. The van der Waals surface area contributed by atoms with Gasteiger partial charge in [0, 0.05) is 18.2 Å². The number of likely N-dealkylation sites (tertiary alicyclic amines) is 1. The number of hydrogen-bond acceptors (Lipinski definition) is 6. The summed E-state index contributed by atoms with van der Waals surface area (Å²) >= 11 is 0. The number of rotatable bonds is 7. The zero-order valence-corrected chi connectivity index (χ0v) is 22.0. The fourth-order valence-electron chi connectivity index (χ4n) is 7.19. The van der Waals surface area contributed by atoms with Gasteiger partial charge in [-0.25, -0.2) is 0 Å². The summed E-state index contributed by atoms with van der Waals surface area (Å²) in [4.78, 5) is 33.3. The van der Waals surface area contributed by atoms with Crippen LogP contribution in [0.15, 0.2) is 52.1 Å². The van der Waals surface area contributed by atoms with Gasteiger partial charge in [-0.3, -0.25) is 19.5 Å². The highest BCUT2D eigenvalue weighted by Crippen LogP contribution is 2.50. The normalized spacial score (nSPS) is 28.3. The topological polar surface area (TPSA) is 92.9 Å². The second-order valence-electron chi connectivity index (χ2n) is 11.2. The Morgan fingerprint density at radius 1 is 1.11 bits per heavy atom. The van der Waals surface area contributed by atoms with E-state index in [9.17, 15) is 14.7 Å². The van der Waals surface area contributed by atoms with Crippen molar-refractivity contribution in [3.8, 4) is 0 Å². The van der Waals surface area contributed by atoms with Gasteiger partial charge >= 0.3 is 0 Å². The quantitative estimate of drug-likeness (QED) is 0.404. The van der Waals surface area contributed by atoms with Crippen molar-refractivity contribution >= 4 is 23.5 Å². The standard InChI is InChI=1S/C31H36N2O5/c1-19-15-24-29(31(36)33(30(24)35)21-7-3-2-4-8-21)25-18-37-27(28(19)25)13-10-20(26-9-5-6-14-32-26)16-22-11-12-23(17-34)38-22/h5-6,9,11-12,14,16,21,24-25,27,29,34H,2-4,7-8,10,13,15,17-18H2,1H3/b20-16-/t24-,25+,27-,29-/m1/s1. The number of nitrogens with zero attached hydrogens (tertiary/aromatic N) is 2. The maximum atomic E-state index is 13.7. The highest BCUT2D eigenvalue weighted by molar-refractivity contribution is 6.06. The number of fused-ring (bicyclic) bond motifs is 3. The largest absolute Gasteiger partial charge is 0.459 e. The molecule has 200 valence electrons. The average molecular weight is 517 g/mol. The van der Waals surface area contributed by atoms with Crippen LogP contribution in [0.4, 0.5) is 0 Å². The van der Waals surface area contributed by atoms with Crippen molar-refractivity contribution in [2.45, 2.75) is 77.0 Å². The van der Waals surface area contributed by atoms with E-state index in [1.807, 2.05) is 30.3 Å². The van der Waals surface area contributed by atoms with E-state index in [1.54, 1.807) is 17.2 Å². The smallest absolute Gasteiger partial charge is 0.234 e. The van der Waals surface area contributed by atoms with Crippen LogP contribution in [0, 0.1) is 17.8 Å². The Bertz CT molecular complexity index is 1260. The Hall–Kier alpha value is -3.03. The molecule has 7 nitrogen and oxygen atoms in total. The zero-order chi connectivity index (χ0) is 26.2. The second-order valence-corrected chi connectivity index (χ2v) is 11.2. The summed E-state index contributed by atoms with van der Waals surface area (Å²) in [6, 6.07) is 9.55. The molecule has 0 spiro atoms. The Labute approximate surface area is 223 Å². The summed E-state index contributed by atoms with van der Waals surface area (Å²) in [5.74, 6) is 0.766. The van der Waals surface area contributed by atoms with Gasteiger partial charge in [-0.1, -0.05) is 30.9 Å². The van der Waals surface area contributed by atoms with E-state index in [0.717, 1.165) is 49.8 Å². The van der Waals surface area contributed by atoms with Crippen molar-refractivity contribution in [3.05, 3.63) is 64.9 Å². The second kappa shape index (κ2) is 10.6. The van der Waals surface area contributed by atoms with Crippen LogP contribution in [0.1, 0.15) is 75.5 Å². The predicted octanol–water partition coefficient (Wildman–Crippen LogP) is 5.16. The Balaban J connectivity index is 1.21. The highest BCUT2D eigenvalue weighted by atomic mass is 16.5. The minimum Gasteiger partial charge on any atom is -0.459 e. The van der Waals surface area contributed by atoms with Gasteiger partial charge in [-0.15, -0.1) is 0 Å². The third-order valence-electron chi connectivity index (χ3n) is 8.95. The number of ether oxygens (including phenoxy) is 1. The number of amides is 2. The number of carbonyl (C=O) groups is 2. The van der Waals surface area contributed by atoms with Crippen LogP contribution in [0.2, 0.25) is 0 Å². The van der Waals surface area contributed by atoms with Crippen molar-refractivity contribution in [1.29, 1.82) is 0 Å². The first-order chi connectivity index (χ1) is 18.5. The fraction of sp³-hybridized carbons (Fsp3) is 0.516. The van der Waals surface area contributed by atoms with Crippen molar-refractivity contribution in [2.24, 2.45) is 17.8 Å². The molecule has 0 bridgehead atoms. The van der Waals surface area contributed by atoms with E-state index in [0.29, 0.717) is 24.5 Å². The SMILES string of the molecule is CC1=C2[C@@H](CC/C(=C/c3ccc(CO)o3)c3ccccn3)OC[C@@H]2[C@@H]2C(=O)N(C3CCCCC3)C(=O)[C@@H]2C1. The molecule has 0 unspecified atom stereocenters. The molecule has 4 aliphatic rings. The highest BCUT2D eigenvalue weighted by Gasteiger charge is 2.57. The molecule has 2 aliphatic carbocycles. The molecule has 0 radical (unpaired) electrons. The molecular weight excluding hydrogens is 480 g/mol. The first-order valence-corrected chi connectivity index (χ1v) is 14.0. The van der Waals surface area contributed by atoms with Crippen LogP contribution in [0.3, 0.4) is 0 Å². The number of furan rings is 1. The van der Waals surface area contributed by atoms with E-state index in [2.05, 4.69) is 11.9 Å². The molecule has 38 heavy (non-hydrogen) atoms. The van der Waals surface area contributed by atoms with Crippen molar-refractivity contribution in [3.63, 3.8) is 0 Å². The Morgan fingerprint density at radius 3 is 2.68 bits per heavy atom. The van der Waals surface area contributed by atoms with Gasteiger partial charge < -0.3 is 14.3 Å². The molecule has 2 aromatic rings. The number of imide groups is 1. The lowest BCUT2D eigenvalue weighted by atomic mass is 9.70. The Morgan fingerprint density at radius 2 is 1.95 bits per heavy atom. The van der Waals surface area contributed by atoms with Crippen LogP contribution >= 0.6 is 0 Å². The number of carbonyl (C=O) groups excluding carboxylic acids is 2. The lowest BCUT2D eigenvalue weighted by Crippen LogP contribution is -2.42. The van der Waals surface area contributed by atoms with E-state index >= 15 is 0 Å². The fourth-order valence-corrected chi connectivity index (χ4v) is 7.19. The number of hydrogen-bond donors (Lipinski definition) is 1. The summed E-state index contributed by atoms with van der Waals surface area (Å²) in [6.07, 6.45) is 11.1. The van der Waals surface area contributed by atoms with Gasteiger partial charge in [0.1, 0.15) is 18.1 Å². The van der Waals surface area contributed by atoms with Crippen LogP contribution in [0.5, 0.6) is 0 Å². The molecule has 2 aliphatic heterocycles. The monoisotopic (exact) mass is 516 g/mol. The lowest BCUT2D eigenvalue weighted by Gasteiger charge is -2.31. The van der Waals surface area contributed by atoms with Crippen molar-refractivity contribution in [1.82, 2.24) is 9.88 Å². The van der Waals surface area contributed by atoms with Crippen molar-refractivity contribution < 1.29 is 23.8 Å². The summed E-state index contributed by atoms with van der Waals surface area (Å²) in [6.45, 7) is 2.48. The van der Waals surface area contributed by atoms with E-state index < -0.39 is 0 Å². The molecule has 0 aromatic carbocycles.